The third-order valence-electron chi connectivity index (χ3n) is 3.64. The van der Waals surface area contributed by atoms with E-state index in [1.807, 2.05) is 60.7 Å². The van der Waals surface area contributed by atoms with Gasteiger partial charge in [0.2, 0.25) is 0 Å². The molecule has 1 aromatic heterocycles. The highest BCUT2D eigenvalue weighted by atomic mass is 16.5. The number of methoxy groups -OCH3 is 1. The molecular formula is C18H17NO2. The van der Waals surface area contributed by atoms with Gasteiger partial charge in [-0.1, -0.05) is 42.5 Å². The van der Waals surface area contributed by atoms with Crippen LogP contribution in [0.3, 0.4) is 0 Å². The van der Waals surface area contributed by atoms with Gasteiger partial charge in [-0.3, -0.25) is 4.98 Å². The first-order chi connectivity index (χ1) is 10.3. The van der Waals surface area contributed by atoms with Crippen molar-refractivity contribution in [1.29, 1.82) is 0 Å². The first-order valence-corrected chi connectivity index (χ1v) is 6.90. The van der Waals surface area contributed by atoms with E-state index in [0.29, 0.717) is 0 Å². The Morgan fingerprint density at radius 3 is 2.52 bits per heavy atom. The Balaban J connectivity index is 1.96. The molecule has 2 aromatic carbocycles. The summed E-state index contributed by atoms with van der Waals surface area (Å²) in [7, 11) is 1.61. The zero-order chi connectivity index (χ0) is 14.7. The SMILES string of the molecule is COC(c1ccccc1)C(O)c1ccc2ncccc2c1. The Morgan fingerprint density at radius 1 is 0.952 bits per heavy atom. The number of aliphatic hydroxyl groups is 1. The Hall–Kier alpha value is -2.23. The van der Waals surface area contributed by atoms with Crippen LogP contribution in [0.25, 0.3) is 10.9 Å². The van der Waals surface area contributed by atoms with E-state index in [0.717, 1.165) is 22.0 Å². The lowest BCUT2D eigenvalue weighted by Crippen LogP contribution is -2.12. The van der Waals surface area contributed by atoms with Gasteiger partial charge in [-0.15, -0.1) is 0 Å². The summed E-state index contributed by atoms with van der Waals surface area (Å²) < 4.78 is 5.50. The van der Waals surface area contributed by atoms with Crippen molar-refractivity contribution >= 4 is 10.9 Å². The molecule has 0 saturated heterocycles. The number of fused-ring (bicyclic) bond motifs is 1. The number of rotatable bonds is 4. The summed E-state index contributed by atoms with van der Waals surface area (Å²) >= 11 is 0. The molecule has 3 aromatic rings. The maximum atomic E-state index is 10.6. The lowest BCUT2D eigenvalue weighted by atomic mass is 9.97. The van der Waals surface area contributed by atoms with Crippen molar-refractivity contribution in [1.82, 2.24) is 4.98 Å². The van der Waals surface area contributed by atoms with Crippen LogP contribution in [0.4, 0.5) is 0 Å². The van der Waals surface area contributed by atoms with Crippen molar-refractivity contribution in [2.45, 2.75) is 12.2 Å². The number of hydrogen-bond donors (Lipinski definition) is 1. The van der Waals surface area contributed by atoms with Gasteiger partial charge in [0.1, 0.15) is 12.2 Å². The van der Waals surface area contributed by atoms with E-state index in [4.69, 9.17) is 4.74 Å². The van der Waals surface area contributed by atoms with Crippen LogP contribution in [0.15, 0.2) is 66.9 Å². The molecule has 2 unspecified atom stereocenters. The molecule has 1 N–H and O–H groups in total. The standard InChI is InChI=1S/C18H17NO2/c1-21-18(13-6-3-2-4-7-13)17(20)15-9-10-16-14(12-15)8-5-11-19-16/h2-12,17-18,20H,1H3. The highest BCUT2D eigenvalue weighted by Gasteiger charge is 2.22. The summed E-state index contributed by atoms with van der Waals surface area (Å²) in [4.78, 5) is 4.29. The van der Waals surface area contributed by atoms with E-state index < -0.39 is 6.10 Å². The van der Waals surface area contributed by atoms with Gasteiger partial charge in [-0.25, -0.2) is 0 Å². The molecule has 3 nitrogen and oxygen atoms in total. The maximum absolute atomic E-state index is 10.6. The molecule has 0 amide bonds. The molecular weight excluding hydrogens is 262 g/mol. The molecule has 0 aliphatic carbocycles. The molecule has 2 atom stereocenters. The summed E-state index contributed by atoms with van der Waals surface area (Å²) in [6.07, 6.45) is 0.655. The van der Waals surface area contributed by atoms with E-state index in [1.165, 1.54) is 0 Å². The fraction of sp³-hybridized carbons (Fsp3) is 0.167. The highest BCUT2D eigenvalue weighted by molar-refractivity contribution is 5.79. The normalized spacial score (nSPS) is 14.0. The number of aromatic nitrogens is 1. The predicted molar refractivity (Wildman–Crippen MR) is 82.9 cm³/mol. The third-order valence-corrected chi connectivity index (χ3v) is 3.64. The van der Waals surface area contributed by atoms with Crippen LogP contribution in [0, 0.1) is 0 Å². The number of pyridine rings is 1. The van der Waals surface area contributed by atoms with Crippen LogP contribution in [-0.2, 0) is 4.74 Å². The number of ether oxygens (including phenoxy) is 1. The zero-order valence-corrected chi connectivity index (χ0v) is 11.8. The van der Waals surface area contributed by atoms with E-state index in [1.54, 1.807) is 13.3 Å². The van der Waals surface area contributed by atoms with Crippen molar-refractivity contribution in [3.05, 3.63) is 78.0 Å². The van der Waals surface area contributed by atoms with Gasteiger partial charge >= 0.3 is 0 Å². The van der Waals surface area contributed by atoms with Crippen LogP contribution in [0.1, 0.15) is 23.3 Å². The van der Waals surface area contributed by atoms with Crippen molar-refractivity contribution in [3.63, 3.8) is 0 Å². The highest BCUT2D eigenvalue weighted by Crippen LogP contribution is 2.32. The summed E-state index contributed by atoms with van der Waals surface area (Å²) in [5.41, 5.74) is 2.70. The largest absolute Gasteiger partial charge is 0.385 e. The van der Waals surface area contributed by atoms with E-state index in [2.05, 4.69) is 4.98 Å². The number of aliphatic hydroxyl groups excluding tert-OH is 1. The van der Waals surface area contributed by atoms with Crippen molar-refractivity contribution in [3.8, 4) is 0 Å². The Kier molecular flexibility index (Phi) is 3.95. The first-order valence-electron chi connectivity index (χ1n) is 6.90. The van der Waals surface area contributed by atoms with Crippen molar-refractivity contribution in [2.75, 3.05) is 7.11 Å². The minimum Gasteiger partial charge on any atom is -0.385 e. The minimum absolute atomic E-state index is 0.389. The third kappa shape index (κ3) is 2.79. The molecule has 0 fully saturated rings. The van der Waals surface area contributed by atoms with Crippen LogP contribution >= 0.6 is 0 Å². The fourth-order valence-corrected chi connectivity index (χ4v) is 2.54. The molecule has 0 saturated carbocycles. The molecule has 21 heavy (non-hydrogen) atoms. The van der Waals surface area contributed by atoms with Gasteiger partial charge in [-0.2, -0.15) is 0 Å². The molecule has 3 heteroatoms. The van der Waals surface area contributed by atoms with Crippen LogP contribution in [0.2, 0.25) is 0 Å². The quantitative estimate of drug-likeness (QED) is 0.792. The molecule has 3 rings (SSSR count). The molecule has 0 aliphatic heterocycles. The summed E-state index contributed by atoms with van der Waals surface area (Å²) in [5.74, 6) is 0. The zero-order valence-electron chi connectivity index (χ0n) is 11.8. The molecule has 0 radical (unpaired) electrons. The first kappa shape index (κ1) is 13.7. The average molecular weight is 279 g/mol. The van der Waals surface area contributed by atoms with Crippen LogP contribution in [-0.4, -0.2) is 17.2 Å². The van der Waals surface area contributed by atoms with Crippen molar-refractivity contribution < 1.29 is 9.84 Å². The van der Waals surface area contributed by atoms with Gasteiger partial charge in [0, 0.05) is 18.7 Å². The second kappa shape index (κ2) is 6.04. The predicted octanol–water partition coefficient (Wildman–Crippen LogP) is 3.66. The second-order valence-electron chi connectivity index (χ2n) is 4.97. The minimum atomic E-state index is -0.720. The fourth-order valence-electron chi connectivity index (χ4n) is 2.54. The van der Waals surface area contributed by atoms with E-state index >= 15 is 0 Å². The van der Waals surface area contributed by atoms with Crippen molar-refractivity contribution in [2.24, 2.45) is 0 Å². The smallest absolute Gasteiger partial charge is 0.112 e. The van der Waals surface area contributed by atoms with E-state index in [-0.39, 0.29) is 6.10 Å². The molecule has 106 valence electrons. The topological polar surface area (TPSA) is 42.4 Å². The Morgan fingerprint density at radius 2 is 1.76 bits per heavy atom. The average Bonchev–Trinajstić information content (AvgIpc) is 2.56. The van der Waals surface area contributed by atoms with Crippen LogP contribution < -0.4 is 0 Å². The summed E-state index contributed by atoms with van der Waals surface area (Å²) in [5, 5.41) is 11.7. The van der Waals surface area contributed by atoms with Gasteiger partial charge in [0.05, 0.1) is 5.52 Å². The Bertz CT molecular complexity index is 727. The maximum Gasteiger partial charge on any atom is 0.112 e. The molecule has 0 bridgehead atoms. The van der Waals surface area contributed by atoms with E-state index in [9.17, 15) is 5.11 Å². The monoisotopic (exact) mass is 279 g/mol. The van der Waals surface area contributed by atoms with Gasteiger partial charge in [0.25, 0.3) is 0 Å². The lowest BCUT2D eigenvalue weighted by molar-refractivity contribution is -0.0148. The van der Waals surface area contributed by atoms with Gasteiger partial charge in [-0.05, 0) is 29.3 Å². The summed E-state index contributed by atoms with van der Waals surface area (Å²) in [6, 6.07) is 19.4. The van der Waals surface area contributed by atoms with Gasteiger partial charge in [0.15, 0.2) is 0 Å². The molecule has 1 heterocycles. The number of hydrogen-bond acceptors (Lipinski definition) is 3. The molecule has 0 aliphatic rings. The van der Waals surface area contributed by atoms with Crippen LogP contribution in [0.5, 0.6) is 0 Å². The molecule has 0 spiro atoms. The summed E-state index contributed by atoms with van der Waals surface area (Å²) in [6.45, 7) is 0. The number of benzene rings is 2. The Labute approximate surface area is 123 Å². The van der Waals surface area contributed by atoms with Gasteiger partial charge < -0.3 is 9.84 Å². The number of nitrogens with zero attached hydrogens (tertiary/aromatic N) is 1. The second-order valence-corrected chi connectivity index (χ2v) is 4.97. The lowest BCUT2D eigenvalue weighted by Gasteiger charge is -2.22.